The fourth-order valence-corrected chi connectivity index (χ4v) is 2.22. The summed E-state index contributed by atoms with van der Waals surface area (Å²) in [7, 11) is 0. The lowest BCUT2D eigenvalue weighted by Crippen LogP contribution is -2.27. The maximum atomic E-state index is 13.2. The van der Waals surface area contributed by atoms with Crippen LogP contribution >= 0.6 is 0 Å². The molecule has 15 heavy (non-hydrogen) atoms. The molecule has 0 radical (unpaired) electrons. The maximum Gasteiger partial charge on any atom is 0.165 e. The normalized spacial score (nSPS) is 21.6. The van der Waals surface area contributed by atoms with Crippen LogP contribution in [0, 0.1) is 12.7 Å². The molecule has 1 fully saturated rings. The highest BCUT2D eigenvalue weighted by Gasteiger charge is 2.21. The van der Waals surface area contributed by atoms with E-state index in [-0.39, 0.29) is 11.8 Å². The Morgan fingerprint density at radius 1 is 1.40 bits per heavy atom. The van der Waals surface area contributed by atoms with E-state index in [1.54, 1.807) is 6.07 Å². The van der Waals surface area contributed by atoms with Crippen LogP contribution in [0.4, 0.5) is 4.39 Å². The summed E-state index contributed by atoms with van der Waals surface area (Å²) in [5, 5.41) is 13.0. The van der Waals surface area contributed by atoms with E-state index in [0.29, 0.717) is 0 Å². The zero-order valence-electron chi connectivity index (χ0n) is 8.89. The predicted octanol–water partition coefficient (Wildman–Crippen LogP) is 2.65. The standard InChI is InChI=1S/C12H16FNO/c1-8-5-6-9(13)12(15)11(8)10-4-2-3-7-14-10/h5-6,10,14-15H,2-4,7H2,1H3. The second-order valence-corrected chi connectivity index (χ2v) is 4.13. The van der Waals surface area contributed by atoms with Gasteiger partial charge in [-0.3, -0.25) is 0 Å². The number of aromatic hydroxyl groups is 1. The smallest absolute Gasteiger partial charge is 0.165 e. The van der Waals surface area contributed by atoms with Crippen molar-refractivity contribution in [3.05, 3.63) is 29.1 Å². The van der Waals surface area contributed by atoms with Crippen LogP contribution in [0.25, 0.3) is 0 Å². The second-order valence-electron chi connectivity index (χ2n) is 4.13. The van der Waals surface area contributed by atoms with Crippen LogP contribution in [0.1, 0.15) is 36.4 Å². The Bertz CT molecular complexity index is 359. The Labute approximate surface area is 89.1 Å². The molecule has 1 unspecified atom stereocenters. The van der Waals surface area contributed by atoms with E-state index in [4.69, 9.17) is 0 Å². The Kier molecular flexibility index (Phi) is 2.91. The number of aryl methyl sites for hydroxylation is 1. The van der Waals surface area contributed by atoms with Crippen LogP contribution in [0.5, 0.6) is 5.75 Å². The monoisotopic (exact) mass is 209 g/mol. The molecule has 2 N–H and O–H groups in total. The average Bonchev–Trinajstić information content (AvgIpc) is 2.26. The third-order valence-electron chi connectivity index (χ3n) is 3.04. The van der Waals surface area contributed by atoms with Gasteiger partial charge in [-0.2, -0.15) is 0 Å². The molecule has 0 amide bonds. The molecule has 1 aliphatic heterocycles. The summed E-state index contributed by atoms with van der Waals surface area (Å²) in [5.74, 6) is -0.711. The second kappa shape index (κ2) is 4.19. The first-order valence-electron chi connectivity index (χ1n) is 5.41. The number of rotatable bonds is 1. The summed E-state index contributed by atoms with van der Waals surface area (Å²) >= 11 is 0. The molecule has 3 heteroatoms. The third-order valence-corrected chi connectivity index (χ3v) is 3.04. The number of hydrogen-bond acceptors (Lipinski definition) is 2. The summed E-state index contributed by atoms with van der Waals surface area (Å²) in [6.45, 7) is 2.85. The fourth-order valence-electron chi connectivity index (χ4n) is 2.22. The Balaban J connectivity index is 2.36. The summed E-state index contributed by atoms with van der Waals surface area (Å²) in [6, 6.07) is 3.15. The van der Waals surface area contributed by atoms with Gasteiger partial charge in [-0.15, -0.1) is 0 Å². The zero-order valence-corrected chi connectivity index (χ0v) is 8.89. The first kappa shape index (κ1) is 10.4. The highest BCUT2D eigenvalue weighted by Crippen LogP contribution is 2.34. The zero-order chi connectivity index (χ0) is 10.8. The number of hydrogen-bond donors (Lipinski definition) is 2. The number of phenols is 1. The quantitative estimate of drug-likeness (QED) is 0.745. The van der Waals surface area contributed by atoms with Crippen LogP contribution in [0.3, 0.4) is 0 Å². The van der Waals surface area contributed by atoms with Crippen molar-refractivity contribution >= 4 is 0 Å². The topological polar surface area (TPSA) is 32.3 Å². The molecule has 1 aliphatic rings. The molecule has 0 aliphatic carbocycles. The summed E-state index contributed by atoms with van der Waals surface area (Å²) < 4.78 is 13.2. The van der Waals surface area contributed by atoms with Crippen molar-refractivity contribution in [3.63, 3.8) is 0 Å². The number of phenolic OH excluding ortho intramolecular Hbond substituents is 1. The molecular formula is C12H16FNO. The summed E-state index contributed by atoms with van der Waals surface area (Å²) in [5.41, 5.74) is 1.68. The molecule has 2 nitrogen and oxygen atoms in total. The van der Waals surface area contributed by atoms with Crippen molar-refractivity contribution in [2.45, 2.75) is 32.2 Å². The first-order chi connectivity index (χ1) is 7.20. The largest absolute Gasteiger partial charge is 0.505 e. The number of nitrogens with one attached hydrogen (secondary N) is 1. The molecule has 1 aromatic carbocycles. The molecule has 1 atom stereocenters. The van der Waals surface area contributed by atoms with Gasteiger partial charge in [0.15, 0.2) is 11.6 Å². The van der Waals surface area contributed by atoms with Gasteiger partial charge in [0, 0.05) is 11.6 Å². The molecule has 0 aromatic heterocycles. The molecule has 0 spiro atoms. The Morgan fingerprint density at radius 3 is 2.87 bits per heavy atom. The van der Waals surface area contributed by atoms with E-state index in [0.717, 1.165) is 36.9 Å². The summed E-state index contributed by atoms with van der Waals surface area (Å²) in [6.07, 6.45) is 3.26. The number of piperidine rings is 1. The third kappa shape index (κ3) is 1.97. The van der Waals surface area contributed by atoms with E-state index in [1.807, 2.05) is 6.92 Å². The lowest BCUT2D eigenvalue weighted by atomic mass is 9.93. The molecule has 1 saturated heterocycles. The number of halogens is 1. The lowest BCUT2D eigenvalue weighted by molar-refractivity contribution is 0.376. The highest BCUT2D eigenvalue weighted by molar-refractivity contribution is 5.42. The van der Waals surface area contributed by atoms with Gasteiger partial charge < -0.3 is 10.4 Å². The van der Waals surface area contributed by atoms with Gasteiger partial charge in [0.25, 0.3) is 0 Å². The SMILES string of the molecule is Cc1ccc(F)c(O)c1C1CCCCN1. The molecule has 0 saturated carbocycles. The molecule has 1 aromatic rings. The molecule has 1 heterocycles. The van der Waals surface area contributed by atoms with Gasteiger partial charge >= 0.3 is 0 Å². The van der Waals surface area contributed by atoms with Crippen molar-refractivity contribution in [1.82, 2.24) is 5.32 Å². The van der Waals surface area contributed by atoms with Crippen molar-refractivity contribution in [2.24, 2.45) is 0 Å². The Hall–Kier alpha value is -1.09. The molecule has 2 rings (SSSR count). The van der Waals surface area contributed by atoms with Crippen LogP contribution < -0.4 is 5.32 Å². The van der Waals surface area contributed by atoms with E-state index in [1.165, 1.54) is 6.07 Å². The van der Waals surface area contributed by atoms with Crippen molar-refractivity contribution in [1.29, 1.82) is 0 Å². The van der Waals surface area contributed by atoms with Crippen LogP contribution in [-0.4, -0.2) is 11.7 Å². The van der Waals surface area contributed by atoms with Gasteiger partial charge in [-0.25, -0.2) is 4.39 Å². The van der Waals surface area contributed by atoms with Crippen molar-refractivity contribution in [3.8, 4) is 5.75 Å². The van der Waals surface area contributed by atoms with Crippen LogP contribution in [0.2, 0.25) is 0 Å². The van der Waals surface area contributed by atoms with Crippen LogP contribution in [0.15, 0.2) is 12.1 Å². The molecule has 82 valence electrons. The first-order valence-corrected chi connectivity index (χ1v) is 5.41. The average molecular weight is 209 g/mol. The lowest BCUT2D eigenvalue weighted by Gasteiger charge is -2.26. The minimum Gasteiger partial charge on any atom is -0.505 e. The highest BCUT2D eigenvalue weighted by atomic mass is 19.1. The van der Waals surface area contributed by atoms with Gasteiger partial charge in [0.05, 0.1) is 0 Å². The summed E-state index contributed by atoms with van der Waals surface area (Å²) in [4.78, 5) is 0. The van der Waals surface area contributed by atoms with E-state index in [9.17, 15) is 9.50 Å². The van der Waals surface area contributed by atoms with E-state index < -0.39 is 5.82 Å². The fraction of sp³-hybridized carbons (Fsp3) is 0.500. The predicted molar refractivity (Wildman–Crippen MR) is 57.4 cm³/mol. The van der Waals surface area contributed by atoms with E-state index in [2.05, 4.69) is 5.32 Å². The Morgan fingerprint density at radius 2 is 2.20 bits per heavy atom. The van der Waals surface area contributed by atoms with Crippen LogP contribution in [-0.2, 0) is 0 Å². The van der Waals surface area contributed by atoms with Gasteiger partial charge in [0.2, 0.25) is 0 Å². The minimum atomic E-state index is -0.525. The maximum absolute atomic E-state index is 13.2. The van der Waals surface area contributed by atoms with Crippen molar-refractivity contribution in [2.75, 3.05) is 6.54 Å². The minimum absolute atomic E-state index is 0.106. The number of benzene rings is 1. The van der Waals surface area contributed by atoms with Gasteiger partial charge in [-0.05, 0) is 37.9 Å². The van der Waals surface area contributed by atoms with Gasteiger partial charge in [0.1, 0.15) is 0 Å². The van der Waals surface area contributed by atoms with E-state index >= 15 is 0 Å². The van der Waals surface area contributed by atoms with Crippen molar-refractivity contribution < 1.29 is 9.50 Å². The molecular weight excluding hydrogens is 193 g/mol. The molecule has 0 bridgehead atoms. The van der Waals surface area contributed by atoms with Gasteiger partial charge in [-0.1, -0.05) is 12.5 Å².